The zero-order valence-corrected chi connectivity index (χ0v) is 17.9. The molecule has 33 heavy (non-hydrogen) atoms. The fourth-order valence-electron chi connectivity index (χ4n) is 4.36. The first-order valence-electron chi connectivity index (χ1n) is 10.8. The van der Waals surface area contributed by atoms with Gasteiger partial charge in [0.05, 0.1) is 12.1 Å². The Morgan fingerprint density at radius 3 is 2.52 bits per heavy atom. The number of amides is 1. The van der Waals surface area contributed by atoms with Crippen LogP contribution in [0.15, 0.2) is 78.0 Å². The second-order valence-corrected chi connectivity index (χ2v) is 8.51. The van der Waals surface area contributed by atoms with E-state index in [1.165, 1.54) is 27.5 Å². The van der Waals surface area contributed by atoms with Crippen molar-refractivity contribution in [2.75, 3.05) is 13.1 Å². The number of benzene rings is 2. The first-order chi connectivity index (χ1) is 15.9. The van der Waals surface area contributed by atoms with E-state index in [2.05, 4.69) is 5.10 Å². The summed E-state index contributed by atoms with van der Waals surface area (Å²) in [5, 5.41) is 15.3. The van der Waals surface area contributed by atoms with Crippen molar-refractivity contribution < 1.29 is 14.3 Å². The number of hydrogen-bond donors (Lipinski definition) is 1. The van der Waals surface area contributed by atoms with Crippen molar-refractivity contribution in [3.8, 4) is 11.1 Å². The highest BCUT2D eigenvalue weighted by Crippen LogP contribution is 2.26. The summed E-state index contributed by atoms with van der Waals surface area (Å²) in [4.78, 5) is 27.4. The number of fused-ring (bicyclic) bond motifs is 1. The number of aliphatic hydroxyl groups is 1. The van der Waals surface area contributed by atoms with Crippen LogP contribution in [0.25, 0.3) is 16.6 Å². The van der Waals surface area contributed by atoms with Crippen molar-refractivity contribution in [1.29, 1.82) is 0 Å². The minimum atomic E-state index is -1.10. The van der Waals surface area contributed by atoms with E-state index in [1.807, 2.05) is 6.07 Å². The molecule has 5 rings (SSSR count). The Morgan fingerprint density at radius 1 is 1.03 bits per heavy atom. The standard InChI is InChI=1S/C25H23FN4O3/c26-21-7-2-5-19(15-21)18-4-1-6-20(14-18)23(31)28-12-9-25(33,10-13-28)16-29-17-27-30-11-3-8-22(30)24(29)32/h1-8,11,14-15,17,33H,9-10,12-13,16H2. The first-order valence-corrected chi connectivity index (χ1v) is 10.8. The topological polar surface area (TPSA) is 79.8 Å². The van der Waals surface area contributed by atoms with E-state index in [0.29, 0.717) is 42.6 Å². The molecule has 1 aliphatic heterocycles. The molecule has 1 aliphatic rings. The molecule has 1 fully saturated rings. The lowest BCUT2D eigenvalue weighted by molar-refractivity contribution is -0.0300. The number of hydrogen-bond acceptors (Lipinski definition) is 4. The highest BCUT2D eigenvalue weighted by molar-refractivity contribution is 5.95. The molecule has 0 unspecified atom stereocenters. The number of carbonyl (C=O) groups is 1. The van der Waals surface area contributed by atoms with Crippen molar-refractivity contribution in [2.45, 2.75) is 25.0 Å². The second-order valence-electron chi connectivity index (χ2n) is 8.51. The molecule has 8 heteroatoms. The molecule has 7 nitrogen and oxygen atoms in total. The smallest absolute Gasteiger partial charge is 0.277 e. The monoisotopic (exact) mass is 446 g/mol. The molecule has 168 valence electrons. The Labute approximate surface area is 189 Å². The van der Waals surface area contributed by atoms with Gasteiger partial charge in [0.1, 0.15) is 17.7 Å². The van der Waals surface area contributed by atoms with Gasteiger partial charge in [0, 0.05) is 24.8 Å². The fraction of sp³-hybridized carbons (Fsp3) is 0.240. The maximum absolute atomic E-state index is 13.6. The summed E-state index contributed by atoms with van der Waals surface area (Å²) in [6, 6.07) is 16.8. The molecule has 4 aromatic rings. The van der Waals surface area contributed by atoms with E-state index in [4.69, 9.17) is 0 Å². The highest BCUT2D eigenvalue weighted by Gasteiger charge is 2.35. The summed E-state index contributed by atoms with van der Waals surface area (Å²) >= 11 is 0. The second kappa shape index (κ2) is 8.29. The normalized spacial score (nSPS) is 15.6. The summed E-state index contributed by atoms with van der Waals surface area (Å²) in [5.41, 5.74) is 1.12. The predicted molar refractivity (Wildman–Crippen MR) is 121 cm³/mol. The summed E-state index contributed by atoms with van der Waals surface area (Å²) in [7, 11) is 0. The lowest BCUT2D eigenvalue weighted by atomic mass is 9.90. The third-order valence-electron chi connectivity index (χ3n) is 6.24. The van der Waals surface area contributed by atoms with Crippen LogP contribution >= 0.6 is 0 Å². The van der Waals surface area contributed by atoms with Gasteiger partial charge in [-0.1, -0.05) is 24.3 Å². The van der Waals surface area contributed by atoms with Gasteiger partial charge in [-0.15, -0.1) is 0 Å². The summed E-state index contributed by atoms with van der Waals surface area (Å²) in [5.74, 6) is -0.464. The minimum absolute atomic E-state index is 0.123. The summed E-state index contributed by atoms with van der Waals surface area (Å²) in [6.07, 6.45) is 3.83. The Morgan fingerprint density at radius 2 is 1.76 bits per heavy atom. The largest absolute Gasteiger partial charge is 0.388 e. The molecule has 0 spiro atoms. The number of carbonyl (C=O) groups excluding carboxylic acids is 1. The molecule has 1 amide bonds. The third kappa shape index (κ3) is 4.17. The molecular formula is C25H23FN4O3. The van der Waals surface area contributed by atoms with Crippen molar-refractivity contribution in [3.63, 3.8) is 0 Å². The fourth-order valence-corrected chi connectivity index (χ4v) is 4.36. The van der Waals surface area contributed by atoms with Crippen LogP contribution in [-0.4, -0.2) is 48.8 Å². The zero-order chi connectivity index (χ0) is 23.0. The third-order valence-corrected chi connectivity index (χ3v) is 6.24. The molecule has 0 saturated carbocycles. The molecular weight excluding hydrogens is 423 g/mol. The van der Waals surface area contributed by atoms with Crippen LogP contribution in [0, 0.1) is 5.82 Å². The Balaban J connectivity index is 1.28. The van der Waals surface area contributed by atoms with Crippen LogP contribution in [0.2, 0.25) is 0 Å². The van der Waals surface area contributed by atoms with E-state index in [9.17, 15) is 19.1 Å². The average Bonchev–Trinajstić information content (AvgIpc) is 3.31. The number of halogens is 1. The van der Waals surface area contributed by atoms with Crippen molar-refractivity contribution >= 4 is 11.4 Å². The van der Waals surface area contributed by atoms with E-state index < -0.39 is 5.60 Å². The maximum atomic E-state index is 13.6. The van der Waals surface area contributed by atoms with Crippen molar-refractivity contribution in [2.24, 2.45) is 0 Å². The van der Waals surface area contributed by atoms with Gasteiger partial charge in [0.15, 0.2) is 0 Å². The molecule has 1 saturated heterocycles. The number of aromatic nitrogens is 3. The van der Waals surface area contributed by atoms with E-state index >= 15 is 0 Å². The summed E-state index contributed by atoms with van der Waals surface area (Å²) < 4.78 is 16.5. The van der Waals surface area contributed by atoms with Gasteiger partial charge in [-0.05, 0) is 60.4 Å². The van der Waals surface area contributed by atoms with Crippen LogP contribution < -0.4 is 5.56 Å². The van der Waals surface area contributed by atoms with Crippen LogP contribution in [0.1, 0.15) is 23.2 Å². The highest BCUT2D eigenvalue weighted by atomic mass is 19.1. The Kier molecular flexibility index (Phi) is 5.30. The van der Waals surface area contributed by atoms with Gasteiger partial charge in [0.2, 0.25) is 0 Å². The quantitative estimate of drug-likeness (QED) is 0.523. The van der Waals surface area contributed by atoms with Crippen LogP contribution in [0.3, 0.4) is 0 Å². The van der Waals surface area contributed by atoms with Crippen LogP contribution in [0.5, 0.6) is 0 Å². The van der Waals surface area contributed by atoms with Gasteiger partial charge in [0.25, 0.3) is 11.5 Å². The Bertz CT molecular complexity index is 1390. The number of nitrogens with zero attached hydrogens (tertiary/aromatic N) is 4. The summed E-state index contributed by atoms with van der Waals surface area (Å²) in [6.45, 7) is 0.863. The van der Waals surface area contributed by atoms with E-state index in [0.717, 1.165) is 5.56 Å². The lowest BCUT2D eigenvalue weighted by Crippen LogP contribution is -2.49. The molecule has 2 aromatic carbocycles. The molecule has 0 bridgehead atoms. The van der Waals surface area contributed by atoms with E-state index in [-0.39, 0.29) is 23.8 Å². The average molecular weight is 446 g/mol. The predicted octanol–water partition coefficient (Wildman–Crippen LogP) is 2.97. The van der Waals surface area contributed by atoms with Crippen LogP contribution in [-0.2, 0) is 6.54 Å². The molecule has 0 atom stereocenters. The van der Waals surface area contributed by atoms with Crippen molar-refractivity contribution in [1.82, 2.24) is 19.1 Å². The van der Waals surface area contributed by atoms with E-state index in [1.54, 1.807) is 53.6 Å². The van der Waals surface area contributed by atoms with Crippen LogP contribution in [0.4, 0.5) is 4.39 Å². The van der Waals surface area contributed by atoms with Gasteiger partial charge in [-0.3, -0.25) is 14.2 Å². The number of piperidine rings is 1. The van der Waals surface area contributed by atoms with Gasteiger partial charge < -0.3 is 10.0 Å². The molecule has 1 N–H and O–H groups in total. The lowest BCUT2D eigenvalue weighted by Gasteiger charge is -2.38. The minimum Gasteiger partial charge on any atom is -0.388 e. The zero-order valence-electron chi connectivity index (χ0n) is 17.9. The maximum Gasteiger partial charge on any atom is 0.277 e. The Hall–Kier alpha value is -3.78. The molecule has 0 radical (unpaired) electrons. The number of rotatable bonds is 4. The number of likely N-dealkylation sites (tertiary alicyclic amines) is 1. The molecule has 2 aromatic heterocycles. The van der Waals surface area contributed by atoms with Crippen molar-refractivity contribution in [3.05, 3.63) is 94.9 Å². The molecule has 0 aliphatic carbocycles. The SMILES string of the molecule is O=C(c1cccc(-c2cccc(F)c2)c1)N1CCC(O)(Cn2cnn3cccc3c2=O)CC1. The molecule has 3 heterocycles. The van der Waals surface area contributed by atoms with Gasteiger partial charge >= 0.3 is 0 Å². The van der Waals surface area contributed by atoms with Gasteiger partial charge in [-0.25, -0.2) is 8.91 Å². The van der Waals surface area contributed by atoms with Gasteiger partial charge in [-0.2, -0.15) is 5.10 Å². The first kappa shape index (κ1) is 21.1.